The fourth-order valence-electron chi connectivity index (χ4n) is 1.81. The second-order valence-electron chi connectivity index (χ2n) is 4.39. The number of halogens is 1. The van der Waals surface area contributed by atoms with Crippen molar-refractivity contribution in [1.82, 2.24) is 0 Å². The number of nitrogens with zero attached hydrogens (tertiary/aromatic N) is 1. The van der Waals surface area contributed by atoms with Crippen LogP contribution in [-0.2, 0) is 0 Å². The molecule has 0 saturated carbocycles. The quantitative estimate of drug-likeness (QED) is 0.779. The number of Topliss-reactive ketones (excluding diaryl/α,β-unsaturated/α-hetero) is 1. The highest BCUT2D eigenvalue weighted by Gasteiger charge is 2.12. The van der Waals surface area contributed by atoms with Crippen LogP contribution in [0.2, 0.25) is 5.02 Å². The van der Waals surface area contributed by atoms with E-state index in [1.807, 2.05) is 13.0 Å². The smallest absolute Gasteiger partial charge is 0.163 e. The second kappa shape index (κ2) is 5.77. The lowest BCUT2D eigenvalue weighted by molar-refractivity contribution is 0.101. The lowest BCUT2D eigenvalue weighted by atomic mass is 10.1. The van der Waals surface area contributed by atoms with Gasteiger partial charge in [0.2, 0.25) is 0 Å². The van der Waals surface area contributed by atoms with Crippen molar-refractivity contribution in [2.24, 2.45) is 0 Å². The molecule has 0 fully saturated rings. The third-order valence-electron chi connectivity index (χ3n) is 2.85. The average molecular weight is 286 g/mol. The molecule has 0 amide bonds. The highest BCUT2D eigenvalue weighted by molar-refractivity contribution is 6.30. The first-order valence-corrected chi connectivity index (χ1v) is 6.38. The summed E-state index contributed by atoms with van der Waals surface area (Å²) in [6.07, 6.45) is 0. The summed E-state index contributed by atoms with van der Waals surface area (Å²) in [6.45, 7) is 3.33. The number of hydrogen-bond acceptors (Lipinski definition) is 3. The Balaban J connectivity index is 2.46. The Morgan fingerprint density at radius 3 is 2.55 bits per heavy atom. The van der Waals surface area contributed by atoms with Gasteiger partial charge in [0.25, 0.3) is 0 Å². The number of rotatable bonds is 3. The lowest BCUT2D eigenvalue weighted by Crippen LogP contribution is -1.98. The highest BCUT2D eigenvalue weighted by Crippen LogP contribution is 2.30. The summed E-state index contributed by atoms with van der Waals surface area (Å²) in [7, 11) is 0. The Bertz CT molecular complexity index is 717. The predicted molar refractivity (Wildman–Crippen MR) is 77.4 cm³/mol. The van der Waals surface area contributed by atoms with Crippen LogP contribution in [-0.4, -0.2) is 5.78 Å². The zero-order valence-electron chi connectivity index (χ0n) is 11.1. The molecule has 0 bridgehead atoms. The molecule has 0 aliphatic carbocycles. The molecule has 0 radical (unpaired) electrons. The van der Waals surface area contributed by atoms with E-state index in [0.29, 0.717) is 27.6 Å². The van der Waals surface area contributed by atoms with E-state index in [-0.39, 0.29) is 5.78 Å². The summed E-state index contributed by atoms with van der Waals surface area (Å²) in [5.74, 6) is 0.866. The summed E-state index contributed by atoms with van der Waals surface area (Å²) in [5.41, 5.74) is 1.74. The summed E-state index contributed by atoms with van der Waals surface area (Å²) < 4.78 is 5.77. The van der Waals surface area contributed by atoms with Crippen molar-refractivity contribution >= 4 is 17.4 Å². The van der Waals surface area contributed by atoms with Crippen LogP contribution in [0.1, 0.15) is 28.4 Å². The van der Waals surface area contributed by atoms with E-state index in [1.54, 1.807) is 36.4 Å². The molecule has 0 aromatic heterocycles. The van der Waals surface area contributed by atoms with Gasteiger partial charge in [-0.1, -0.05) is 11.6 Å². The molecule has 20 heavy (non-hydrogen) atoms. The van der Waals surface area contributed by atoms with E-state index in [0.717, 1.165) is 5.56 Å². The van der Waals surface area contributed by atoms with Crippen molar-refractivity contribution in [2.75, 3.05) is 0 Å². The third-order valence-corrected chi connectivity index (χ3v) is 3.08. The van der Waals surface area contributed by atoms with Crippen molar-refractivity contribution in [2.45, 2.75) is 13.8 Å². The Morgan fingerprint density at radius 1 is 1.20 bits per heavy atom. The van der Waals surface area contributed by atoms with Gasteiger partial charge in [0.15, 0.2) is 5.78 Å². The van der Waals surface area contributed by atoms with E-state index < -0.39 is 0 Å². The van der Waals surface area contributed by atoms with Gasteiger partial charge < -0.3 is 4.74 Å². The maximum atomic E-state index is 11.6. The number of carbonyl (C=O) groups excluding carboxylic acids is 1. The maximum absolute atomic E-state index is 11.6. The number of aryl methyl sites for hydroxylation is 1. The largest absolute Gasteiger partial charge is 0.456 e. The van der Waals surface area contributed by atoms with Crippen LogP contribution in [0.5, 0.6) is 11.5 Å². The molecule has 0 spiro atoms. The molecule has 2 aromatic rings. The molecule has 0 heterocycles. The normalized spacial score (nSPS) is 9.90. The van der Waals surface area contributed by atoms with Crippen LogP contribution in [0, 0.1) is 18.3 Å². The number of hydrogen-bond donors (Lipinski definition) is 0. The molecule has 2 aromatic carbocycles. The van der Waals surface area contributed by atoms with Gasteiger partial charge in [0, 0.05) is 5.02 Å². The molecule has 4 heteroatoms. The molecule has 0 N–H and O–H groups in total. The molecule has 100 valence electrons. The fraction of sp³-hybridized carbons (Fsp3) is 0.125. The van der Waals surface area contributed by atoms with E-state index >= 15 is 0 Å². The number of ether oxygens (including phenoxy) is 1. The van der Waals surface area contributed by atoms with Gasteiger partial charge in [-0.15, -0.1) is 0 Å². The van der Waals surface area contributed by atoms with Gasteiger partial charge in [0.1, 0.15) is 11.5 Å². The lowest BCUT2D eigenvalue weighted by Gasteiger charge is -2.12. The molecule has 3 nitrogen and oxygen atoms in total. The minimum Gasteiger partial charge on any atom is -0.456 e. The molecule has 0 aliphatic rings. The molecule has 2 rings (SSSR count). The fourth-order valence-corrected chi connectivity index (χ4v) is 2.04. The van der Waals surface area contributed by atoms with Gasteiger partial charge in [-0.25, -0.2) is 0 Å². The molecular formula is C16H12ClNO2. The van der Waals surface area contributed by atoms with Gasteiger partial charge in [0.05, 0.1) is 17.2 Å². The monoisotopic (exact) mass is 285 g/mol. The number of benzene rings is 2. The first-order chi connectivity index (χ1) is 9.51. The maximum Gasteiger partial charge on any atom is 0.163 e. The van der Waals surface area contributed by atoms with Crippen molar-refractivity contribution in [3.8, 4) is 17.6 Å². The van der Waals surface area contributed by atoms with Crippen LogP contribution in [0.15, 0.2) is 36.4 Å². The van der Waals surface area contributed by atoms with Gasteiger partial charge in [-0.3, -0.25) is 4.79 Å². The SMILES string of the molecule is CC(=O)c1ccc(C#N)cc1Oc1ccc(Cl)cc1C. The first kappa shape index (κ1) is 14.1. The number of carbonyl (C=O) groups is 1. The van der Waals surface area contributed by atoms with E-state index in [1.165, 1.54) is 6.92 Å². The minimum atomic E-state index is -0.115. The third kappa shape index (κ3) is 2.98. The zero-order valence-corrected chi connectivity index (χ0v) is 11.9. The topological polar surface area (TPSA) is 50.1 Å². The van der Waals surface area contributed by atoms with Gasteiger partial charge >= 0.3 is 0 Å². The summed E-state index contributed by atoms with van der Waals surface area (Å²) in [5, 5.41) is 9.56. The minimum absolute atomic E-state index is 0.115. The highest BCUT2D eigenvalue weighted by atomic mass is 35.5. The Morgan fingerprint density at radius 2 is 1.95 bits per heavy atom. The van der Waals surface area contributed by atoms with Gasteiger partial charge in [-0.05, 0) is 55.8 Å². The summed E-state index contributed by atoms with van der Waals surface area (Å²) >= 11 is 5.90. The number of ketones is 1. The zero-order chi connectivity index (χ0) is 14.7. The summed E-state index contributed by atoms with van der Waals surface area (Å²) in [6, 6.07) is 12.0. The Kier molecular flexibility index (Phi) is 4.07. The van der Waals surface area contributed by atoms with Crippen molar-refractivity contribution < 1.29 is 9.53 Å². The molecule has 0 atom stereocenters. The molecule has 0 saturated heterocycles. The average Bonchev–Trinajstić information content (AvgIpc) is 2.41. The van der Waals surface area contributed by atoms with Crippen LogP contribution in [0.25, 0.3) is 0 Å². The summed E-state index contributed by atoms with van der Waals surface area (Å²) in [4.78, 5) is 11.6. The van der Waals surface area contributed by atoms with Crippen LogP contribution >= 0.6 is 11.6 Å². The van der Waals surface area contributed by atoms with E-state index in [4.69, 9.17) is 21.6 Å². The van der Waals surface area contributed by atoms with Crippen molar-refractivity contribution in [1.29, 1.82) is 5.26 Å². The Labute approximate surface area is 122 Å². The van der Waals surface area contributed by atoms with Gasteiger partial charge in [-0.2, -0.15) is 5.26 Å². The predicted octanol–water partition coefficient (Wildman–Crippen LogP) is 4.52. The van der Waals surface area contributed by atoms with E-state index in [9.17, 15) is 4.79 Å². The van der Waals surface area contributed by atoms with Crippen molar-refractivity contribution in [3.63, 3.8) is 0 Å². The van der Waals surface area contributed by atoms with E-state index in [2.05, 4.69) is 0 Å². The molecule has 0 aliphatic heterocycles. The first-order valence-electron chi connectivity index (χ1n) is 6.00. The number of nitriles is 1. The molecular weight excluding hydrogens is 274 g/mol. The van der Waals surface area contributed by atoms with Crippen molar-refractivity contribution in [3.05, 3.63) is 58.1 Å². The molecule has 0 unspecified atom stereocenters. The van der Waals surface area contributed by atoms with Crippen LogP contribution in [0.4, 0.5) is 0 Å². The van der Waals surface area contributed by atoms with Crippen LogP contribution < -0.4 is 4.74 Å². The Hall–Kier alpha value is -2.31. The van der Waals surface area contributed by atoms with Crippen LogP contribution in [0.3, 0.4) is 0 Å². The second-order valence-corrected chi connectivity index (χ2v) is 4.83. The standard InChI is InChI=1S/C16H12ClNO2/c1-10-7-13(17)4-6-15(10)20-16-8-12(9-18)3-5-14(16)11(2)19/h3-8H,1-2H3.